The van der Waals surface area contributed by atoms with Gasteiger partial charge in [-0.05, 0) is 50.5 Å². The van der Waals surface area contributed by atoms with Crippen LogP contribution in [0.25, 0.3) is 0 Å². The molecule has 3 aliphatic rings. The van der Waals surface area contributed by atoms with Crippen molar-refractivity contribution in [3.63, 3.8) is 0 Å². The Kier molecular flexibility index (Phi) is 5.67. The number of methoxy groups -OCH3 is 1. The van der Waals surface area contributed by atoms with Crippen LogP contribution in [0.2, 0.25) is 0 Å². The zero-order chi connectivity index (χ0) is 23.3. The highest BCUT2D eigenvalue weighted by Gasteiger charge is 2.78. The number of likely N-dealkylation sites (tertiary alicyclic amines) is 1. The lowest BCUT2D eigenvalue weighted by atomic mass is 9.65. The summed E-state index contributed by atoms with van der Waals surface area (Å²) < 4.78 is 11.7. The van der Waals surface area contributed by atoms with E-state index in [1.807, 2.05) is 6.92 Å². The molecule has 4 rings (SSSR count). The van der Waals surface area contributed by atoms with E-state index in [0.29, 0.717) is 30.7 Å². The van der Waals surface area contributed by atoms with Gasteiger partial charge < -0.3 is 30.1 Å². The third kappa shape index (κ3) is 3.02. The second kappa shape index (κ2) is 8.04. The van der Waals surface area contributed by atoms with Gasteiger partial charge in [0.15, 0.2) is 0 Å². The lowest BCUT2D eigenvalue weighted by molar-refractivity contribution is -0.148. The van der Waals surface area contributed by atoms with Crippen molar-refractivity contribution in [3.8, 4) is 5.75 Å². The molecule has 174 valence electrons. The molecule has 3 amide bonds. The summed E-state index contributed by atoms with van der Waals surface area (Å²) in [6.45, 7) is 3.34. The van der Waals surface area contributed by atoms with Crippen LogP contribution in [0.5, 0.6) is 5.75 Å². The van der Waals surface area contributed by atoms with E-state index in [-0.39, 0.29) is 18.4 Å². The Morgan fingerprint density at radius 3 is 2.53 bits per heavy atom. The van der Waals surface area contributed by atoms with Crippen molar-refractivity contribution < 1.29 is 29.0 Å². The number of amides is 3. The predicted molar refractivity (Wildman–Crippen MR) is 116 cm³/mol. The first kappa shape index (κ1) is 22.5. The highest BCUT2D eigenvalue weighted by atomic mass is 16.5. The van der Waals surface area contributed by atoms with Gasteiger partial charge in [-0.2, -0.15) is 0 Å². The molecular formula is C23H31N3O6. The van der Waals surface area contributed by atoms with Gasteiger partial charge in [-0.3, -0.25) is 14.4 Å². The Balaban J connectivity index is 1.75. The number of rotatable bonds is 7. The van der Waals surface area contributed by atoms with Crippen LogP contribution < -0.4 is 15.4 Å². The number of carbonyl (C=O) groups excluding carboxylic acids is 3. The van der Waals surface area contributed by atoms with E-state index < -0.39 is 41.0 Å². The van der Waals surface area contributed by atoms with Crippen molar-refractivity contribution in [2.75, 3.05) is 26.1 Å². The largest absolute Gasteiger partial charge is 0.497 e. The van der Waals surface area contributed by atoms with Crippen LogP contribution in [0.15, 0.2) is 24.3 Å². The normalized spacial score (nSPS) is 33.7. The molecular weight excluding hydrogens is 414 g/mol. The zero-order valence-corrected chi connectivity index (χ0v) is 18.9. The molecule has 9 nitrogen and oxygen atoms in total. The van der Waals surface area contributed by atoms with Crippen LogP contribution in [0.1, 0.15) is 33.1 Å². The summed E-state index contributed by atoms with van der Waals surface area (Å²) in [4.78, 5) is 41.6. The summed E-state index contributed by atoms with van der Waals surface area (Å²) in [6, 6.07) is 5.35. The molecule has 32 heavy (non-hydrogen) atoms. The molecule has 2 bridgehead atoms. The van der Waals surface area contributed by atoms with Gasteiger partial charge in [0.05, 0.1) is 37.2 Å². The Bertz CT molecular complexity index is 921. The highest BCUT2D eigenvalue weighted by molar-refractivity contribution is 6.03. The smallest absolute Gasteiger partial charge is 0.250 e. The first-order valence-electron chi connectivity index (χ1n) is 11.1. The van der Waals surface area contributed by atoms with E-state index in [9.17, 15) is 19.5 Å². The van der Waals surface area contributed by atoms with E-state index in [2.05, 4.69) is 10.6 Å². The van der Waals surface area contributed by atoms with E-state index in [1.165, 1.54) is 4.90 Å². The monoisotopic (exact) mass is 445 g/mol. The minimum atomic E-state index is -1.11. The third-order valence-electron chi connectivity index (χ3n) is 7.49. The Labute approximate surface area is 187 Å². The summed E-state index contributed by atoms with van der Waals surface area (Å²) in [5, 5.41) is 15.4. The fourth-order valence-electron chi connectivity index (χ4n) is 5.96. The lowest BCUT2D eigenvalue weighted by Crippen LogP contribution is -2.55. The topological polar surface area (TPSA) is 117 Å². The number of fused-ring (bicyclic) bond motifs is 1. The van der Waals surface area contributed by atoms with Gasteiger partial charge >= 0.3 is 0 Å². The van der Waals surface area contributed by atoms with Gasteiger partial charge in [0.2, 0.25) is 17.7 Å². The maximum atomic E-state index is 13.7. The third-order valence-corrected chi connectivity index (χ3v) is 7.49. The van der Waals surface area contributed by atoms with E-state index in [1.54, 1.807) is 45.3 Å². The van der Waals surface area contributed by atoms with Crippen molar-refractivity contribution in [2.24, 2.45) is 11.8 Å². The zero-order valence-electron chi connectivity index (χ0n) is 18.9. The first-order valence-corrected chi connectivity index (χ1v) is 11.1. The van der Waals surface area contributed by atoms with Gasteiger partial charge in [0.25, 0.3) is 0 Å². The van der Waals surface area contributed by atoms with Crippen LogP contribution in [-0.2, 0) is 19.1 Å². The second-order valence-electron chi connectivity index (χ2n) is 8.94. The Morgan fingerprint density at radius 2 is 1.97 bits per heavy atom. The van der Waals surface area contributed by atoms with Crippen molar-refractivity contribution in [1.29, 1.82) is 0 Å². The number of hydrogen-bond acceptors (Lipinski definition) is 6. The van der Waals surface area contributed by atoms with Crippen molar-refractivity contribution in [2.45, 2.75) is 56.4 Å². The number of hydrogen-bond donors (Lipinski definition) is 3. The van der Waals surface area contributed by atoms with Crippen molar-refractivity contribution in [3.05, 3.63) is 24.3 Å². The average Bonchev–Trinajstić information content (AvgIpc) is 3.42. The number of aliphatic hydroxyl groups is 1. The van der Waals surface area contributed by atoms with Gasteiger partial charge in [0.1, 0.15) is 17.4 Å². The standard InChI is InChI=1S/C23H31N3O6/c1-5-22-10-11-23(32-22)17(16(22)19(28)24-3)21(30)26(13(2)12-27)18(23)20(29)25-14-6-8-15(31-4)9-7-14/h6-9,13,16-18,27H,5,10-12H2,1-4H3,(H,24,28)(H,25,29)/t13-,16-,17+,18?,22+,23?/m1/s1. The molecule has 0 saturated carbocycles. The highest BCUT2D eigenvalue weighted by Crippen LogP contribution is 2.64. The maximum absolute atomic E-state index is 13.7. The van der Waals surface area contributed by atoms with Gasteiger partial charge in [-0.1, -0.05) is 6.92 Å². The molecule has 3 saturated heterocycles. The van der Waals surface area contributed by atoms with Crippen molar-refractivity contribution in [1.82, 2.24) is 10.2 Å². The predicted octanol–water partition coefficient (Wildman–Crippen LogP) is 0.915. The number of carbonyl (C=O) groups is 3. The number of nitrogens with one attached hydrogen (secondary N) is 2. The van der Waals surface area contributed by atoms with Crippen LogP contribution >= 0.6 is 0 Å². The van der Waals surface area contributed by atoms with Crippen LogP contribution in [0.4, 0.5) is 5.69 Å². The second-order valence-corrected chi connectivity index (χ2v) is 8.94. The molecule has 1 spiro atoms. The summed E-state index contributed by atoms with van der Waals surface area (Å²) in [7, 11) is 3.11. The molecule has 3 heterocycles. The number of nitrogens with zero attached hydrogens (tertiary/aromatic N) is 1. The van der Waals surface area contributed by atoms with E-state index in [0.717, 1.165) is 0 Å². The minimum Gasteiger partial charge on any atom is -0.497 e. The fraction of sp³-hybridized carbons (Fsp3) is 0.609. The molecule has 2 unspecified atom stereocenters. The molecule has 0 aliphatic carbocycles. The summed E-state index contributed by atoms with van der Waals surface area (Å²) in [5.74, 6) is -1.74. The molecule has 0 radical (unpaired) electrons. The molecule has 6 atom stereocenters. The molecule has 1 aromatic rings. The molecule has 3 fully saturated rings. The Hall–Kier alpha value is -2.65. The number of benzene rings is 1. The molecule has 1 aromatic carbocycles. The minimum absolute atomic E-state index is 0.250. The summed E-state index contributed by atoms with van der Waals surface area (Å²) in [6.07, 6.45) is 1.66. The number of anilines is 1. The quantitative estimate of drug-likeness (QED) is 0.575. The average molecular weight is 446 g/mol. The SMILES string of the molecule is CC[C@@]12CCC3(O1)C(C(=O)Nc1ccc(OC)cc1)N([C@H](C)CO)C(=O)[C@@H]3[C@@H]2C(=O)NC. The van der Waals surface area contributed by atoms with Gasteiger partial charge in [-0.15, -0.1) is 0 Å². The fourth-order valence-corrected chi connectivity index (χ4v) is 5.96. The van der Waals surface area contributed by atoms with Gasteiger partial charge in [0, 0.05) is 12.7 Å². The lowest BCUT2D eigenvalue weighted by Gasteiger charge is -2.36. The number of aliphatic hydroxyl groups excluding tert-OH is 1. The molecule has 0 aromatic heterocycles. The van der Waals surface area contributed by atoms with Crippen molar-refractivity contribution >= 4 is 23.4 Å². The van der Waals surface area contributed by atoms with Gasteiger partial charge in [-0.25, -0.2) is 0 Å². The molecule has 3 N–H and O–H groups in total. The van der Waals surface area contributed by atoms with Crippen LogP contribution in [0, 0.1) is 11.8 Å². The Morgan fingerprint density at radius 1 is 1.28 bits per heavy atom. The van der Waals surface area contributed by atoms with Crippen LogP contribution in [-0.4, -0.2) is 71.8 Å². The number of ether oxygens (including phenoxy) is 2. The van der Waals surface area contributed by atoms with Crippen LogP contribution in [0.3, 0.4) is 0 Å². The summed E-state index contributed by atoms with van der Waals surface area (Å²) >= 11 is 0. The first-order chi connectivity index (χ1) is 15.3. The summed E-state index contributed by atoms with van der Waals surface area (Å²) in [5.41, 5.74) is -1.32. The molecule has 3 aliphatic heterocycles. The van der Waals surface area contributed by atoms with E-state index >= 15 is 0 Å². The maximum Gasteiger partial charge on any atom is 0.250 e. The van der Waals surface area contributed by atoms with E-state index in [4.69, 9.17) is 9.47 Å². The molecule has 9 heteroatoms.